The van der Waals surface area contributed by atoms with E-state index >= 15 is 0 Å². The van der Waals surface area contributed by atoms with Gasteiger partial charge in [0.25, 0.3) is 0 Å². The molecule has 0 spiro atoms. The Morgan fingerprint density at radius 3 is 2.24 bits per heavy atom. The quantitative estimate of drug-likeness (QED) is 0.368. The maximum absolute atomic E-state index is 5.80. The Hall–Kier alpha value is -1.31. The number of benzene rings is 2. The van der Waals surface area contributed by atoms with E-state index in [0.717, 1.165) is 34.3 Å². The zero-order valence-electron chi connectivity index (χ0n) is 12.3. The van der Waals surface area contributed by atoms with Crippen LogP contribution in [0.15, 0.2) is 66.7 Å². The number of hydrogen-bond donors (Lipinski definition) is 0. The summed E-state index contributed by atoms with van der Waals surface area (Å²) in [6.45, 7) is 0. The smallest absolute Gasteiger partial charge is 0.0849 e. The van der Waals surface area contributed by atoms with Crippen LogP contribution in [0.25, 0.3) is 5.57 Å². The average molecular weight is 313 g/mol. The maximum atomic E-state index is 5.80. The Labute approximate surface area is 135 Å². The van der Waals surface area contributed by atoms with Crippen LogP contribution in [0.2, 0.25) is 6.04 Å². The molecule has 0 aliphatic rings. The lowest BCUT2D eigenvalue weighted by Crippen LogP contribution is -2.11. The Kier molecular flexibility index (Phi) is 7.34. The highest BCUT2D eigenvalue weighted by Gasteiger charge is 2.01. The lowest BCUT2D eigenvalue weighted by molar-refractivity contribution is 0.829. The number of rotatable bonds is 8. The van der Waals surface area contributed by atoms with E-state index in [4.69, 9.17) is 11.6 Å². The molecule has 0 saturated carbocycles. The minimum Gasteiger partial charge on any atom is -0.127 e. The lowest BCUT2D eigenvalue weighted by atomic mass is 10.0. The van der Waals surface area contributed by atoms with Crippen LogP contribution in [-0.2, 0) is 0 Å². The van der Waals surface area contributed by atoms with Gasteiger partial charge in [-0.05, 0) is 36.4 Å². The molecule has 0 aromatic heterocycles. The molecule has 0 unspecified atom stereocenters. The Morgan fingerprint density at radius 2 is 1.57 bits per heavy atom. The zero-order chi connectivity index (χ0) is 14.8. The van der Waals surface area contributed by atoms with E-state index in [1.54, 1.807) is 0 Å². The molecule has 0 fully saturated rings. The van der Waals surface area contributed by atoms with E-state index < -0.39 is 0 Å². The van der Waals surface area contributed by atoms with E-state index in [0.29, 0.717) is 0 Å². The summed E-state index contributed by atoms with van der Waals surface area (Å²) in [5, 5.41) is 1.43. The molecule has 0 N–H and O–H groups in total. The second-order valence-corrected chi connectivity index (χ2v) is 6.71. The molecule has 0 bridgehead atoms. The average Bonchev–Trinajstić information content (AvgIpc) is 2.55. The molecule has 0 aliphatic carbocycles. The molecule has 0 atom stereocenters. The molecular formula is C19H21ClSi. The first-order chi connectivity index (χ1) is 10.4. The van der Waals surface area contributed by atoms with Crippen molar-refractivity contribution in [3.05, 3.63) is 72.3 Å². The number of hydrogen-bond acceptors (Lipinski definition) is 0. The highest BCUT2D eigenvalue weighted by Crippen LogP contribution is 2.21. The third-order valence-electron chi connectivity index (χ3n) is 3.40. The van der Waals surface area contributed by atoms with Crippen molar-refractivity contribution < 1.29 is 0 Å². The first-order valence-electron chi connectivity index (χ1n) is 7.49. The molecule has 0 nitrogen and oxygen atoms in total. The highest BCUT2D eigenvalue weighted by molar-refractivity contribution is 6.53. The predicted molar refractivity (Wildman–Crippen MR) is 95.6 cm³/mol. The summed E-state index contributed by atoms with van der Waals surface area (Å²) in [5.41, 5.74) is 2.81. The van der Waals surface area contributed by atoms with Crippen molar-refractivity contribution in [1.82, 2.24) is 0 Å². The fraction of sp³-hybridized carbons (Fsp3) is 0.263. The monoisotopic (exact) mass is 312 g/mol. The lowest BCUT2D eigenvalue weighted by Gasteiger charge is -2.08. The van der Waals surface area contributed by atoms with Gasteiger partial charge in [-0.2, -0.15) is 0 Å². The van der Waals surface area contributed by atoms with Gasteiger partial charge < -0.3 is 0 Å². The third-order valence-corrected chi connectivity index (χ3v) is 4.82. The fourth-order valence-corrected chi connectivity index (χ4v) is 3.48. The van der Waals surface area contributed by atoms with Crippen molar-refractivity contribution in [1.29, 1.82) is 0 Å². The normalized spacial score (nSPS) is 11.6. The van der Waals surface area contributed by atoms with Gasteiger partial charge in [-0.3, -0.25) is 0 Å². The highest BCUT2D eigenvalue weighted by atomic mass is 35.5. The SMILES string of the molecule is ClCCCC/C(=C/C[Si]c1ccccc1)c1ccccc1. The van der Waals surface area contributed by atoms with Crippen LogP contribution in [0.1, 0.15) is 24.8 Å². The molecule has 0 heterocycles. The molecule has 0 saturated heterocycles. The predicted octanol–water partition coefficient (Wildman–Crippen LogP) is 4.93. The summed E-state index contributed by atoms with van der Waals surface area (Å²) in [4.78, 5) is 0. The minimum absolute atomic E-state index is 0.758. The van der Waals surface area contributed by atoms with E-state index in [2.05, 4.69) is 66.7 Å². The van der Waals surface area contributed by atoms with Crippen molar-refractivity contribution in [2.24, 2.45) is 0 Å². The van der Waals surface area contributed by atoms with Crippen LogP contribution in [-0.4, -0.2) is 15.4 Å². The van der Waals surface area contributed by atoms with Gasteiger partial charge in [0.1, 0.15) is 0 Å². The van der Waals surface area contributed by atoms with Gasteiger partial charge in [0.05, 0.1) is 9.52 Å². The molecule has 2 aromatic rings. The topological polar surface area (TPSA) is 0 Å². The molecule has 2 rings (SSSR count). The van der Waals surface area contributed by atoms with Crippen molar-refractivity contribution in [3.8, 4) is 0 Å². The van der Waals surface area contributed by atoms with Gasteiger partial charge in [-0.25, -0.2) is 0 Å². The summed E-state index contributed by atoms with van der Waals surface area (Å²) in [6.07, 6.45) is 5.79. The Morgan fingerprint density at radius 1 is 0.905 bits per heavy atom. The molecule has 0 aliphatic heterocycles. The number of alkyl halides is 1. The first kappa shape index (κ1) is 16.1. The molecule has 2 aromatic carbocycles. The molecule has 2 radical (unpaired) electrons. The van der Waals surface area contributed by atoms with Crippen molar-refractivity contribution in [2.75, 3.05) is 5.88 Å². The standard InChI is InChI=1S/C19H21ClSi/c20-15-8-7-11-18(17-9-3-1-4-10-17)14-16-21-19-12-5-2-6-13-19/h1-6,9-10,12-14H,7-8,11,15-16H2/b18-14-. The second-order valence-electron chi connectivity index (χ2n) is 4.99. The van der Waals surface area contributed by atoms with Gasteiger partial charge in [0, 0.05) is 5.88 Å². The minimum atomic E-state index is 0.758. The third kappa shape index (κ3) is 5.90. The van der Waals surface area contributed by atoms with E-state index in [1.165, 1.54) is 22.7 Å². The molecular weight excluding hydrogens is 292 g/mol. The van der Waals surface area contributed by atoms with Crippen molar-refractivity contribution >= 4 is 31.9 Å². The summed E-state index contributed by atoms with van der Waals surface area (Å²) >= 11 is 5.80. The Balaban J connectivity index is 1.99. The van der Waals surface area contributed by atoms with Crippen LogP contribution < -0.4 is 5.19 Å². The summed E-state index contributed by atoms with van der Waals surface area (Å²) in [5.74, 6) is 0.758. The van der Waals surface area contributed by atoms with Gasteiger partial charge in [0.15, 0.2) is 0 Å². The number of halogens is 1. The van der Waals surface area contributed by atoms with Gasteiger partial charge in [0.2, 0.25) is 0 Å². The van der Waals surface area contributed by atoms with E-state index in [9.17, 15) is 0 Å². The van der Waals surface area contributed by atoms with Gasteiger partial charge in [-0.1, -0.05) is 71.9 Å². The molecule has 21 heavy (non-hydrogen) atoms. The Bertz CT molecular complexity index is 534. The summed E-state index contributed by atoms with van der Waals surface area (Å²) in [6, 6.07) is 22.6. The van der Waals surface area contributed by atoms with Crippen LogP contribution in [0.3, 0.4) is 0 Å². The fourth-order valence-electron chi connectivity index (χ4n) is 2.27. The zero-order valence-corrected chi connectivity index (χ0v) is 14.0. The molecule has 0 amide bonds. The van der Waals surface area contributed by atoms with Crippen LogP contribution in [0.5, 0.6) is 0 Å². The van der Waals surface area contributed by atoms with Crippen LogP contribution in [0, 0.1) is 0 Å². The largest absolute Gasteiger partial charge is 0.127 e. The summed E-state index contributed by atoms with van der Waals surface area (Å²) in [7, 11) is 0.845. The number of unbranched alkanes of at least 4 members (excludes halogenated alkanes) is 1. The molecule has 108 valence electrons. The second kappa shape index (κ2) is 9.59. The van der Waals surface area contributed by atoms with E-state index in [-0.39, 0.29) is 0 Å². The van der Waals surface area contributed by atoms with Gasteiger partial charge >= 0.3 is 0 Å². The first-order valence-corrected chi connectivity index (χ1v) is 9.23. The van der Waals surface area contributed by atoms with Crippen molar-refractivity contribution in [2.45, 2.75) is 25.3 Å². The maximum Gasteiger partial charge on any atom is 0.0849 e. The molecule has 2 heteroatoms. The van der Waals surface area contributed by atoms with Crippen molar-refractivity contribution in [3.63, 3.8) is 0 Å². The van der Waals surface area contributed by atoms with Crippen LogP contribution >= 0.6 is 11.6 Å². The van der Waals surface area contributed by atoms with Gasteiger partial charge in [-0.15, -0.1) is 11.6 Å². The number of allylic oxidation sites excluding steroid dienone is 2. The summed E-state index contributed by atoms with van der Waals surface area (Å²) < 4.78 is 0. The van der Waals surface area contributed by atoms with Crippen LogP contribution in [0.4, 0.5) is 0 Å². The van der Waals surface area contributed by atoms with E-state index in [1.807, 2.05) is 0 Å².